The van der Waals surface area contributed by atoms with E-state index in [0.717, 1.165) is 44.2 Å². The molecule has 2 aromatic heterocycles. The maximum atomic E-state index is 5.11. The molecule has 1 saturated heterocycles. The predicted octanol–water partition coefficient (Wildman–Crippen LogP) is 1.63. The van der Waals surface area contributed by atoms with Crippen LogP contribution >= 0.6 is 0 Å². The van der Waals surface area contributed by atoms with Gasteiger partial charge in [-0.3, -0.25) is 0 Å². The molecule has 1 atom stereocenters. The maximum absolute atomic E-state index is 5.11. The van der Waals surface area contributed by atoms with E-state index in [1.54, 1.807) is 7.11 Å². The summed E-state index contributed by atoms with van der Waals surface area (Å²) in [5, 5.41) is 11.0. The molecular weight excluding hydrogens is 334 g/mol. The van der Waals surface area contributed by atoms with Crippen molar-refractivity contribution in [1.29, 1.82) is 0 Å². The Balaban J connectivity index is 1.73. The molecular formula is C17H29N7O2. The first-order chi connectivity index (χ1) is 12.7. The lowest BCUT2D eigenvalue weighted by atomic mass is 9.97. The lowest BCUT2D eigenvalue weighted by molar-refractivity contribution is 0.185. The van der Waals surface area contributed by atoms with Gasteiger partial charge < -0.3 is 19.9 Å². The molecule has 144 valence electrons. The number of piperidine rings is 1. The predicted molar refractivity (Wildman–Crippen MR) is 100 cm³/mol. The monoisotopic (exact) mass is 363 g/mol. The Morgan fingerprint density at radius 3 is 2.88 bits per heavy atom. The topological polar surface area (TPSA) is 92.4 Å². The van der Waals surface area contributed by atoms with Gasteiger partial charge in [0.1, 0.15) is 0 Å². The van der Waals surface area contributed by atoms with Crippen LogP contribution in [0.15, 0.2) is 4.63 Å². The highest BCUT2D eigenvalue weighted by Gasteiger charge is 2.23. The van der Waals surface area contributed by atoms with Crippen LogP contribution in [0.25, 0.3) is 11.3 Å². The van der Waals surface area contributed by atoms with Crippen molar-refractivity contribution in [3.63, 3.8) is 0 Å². The molecule has 0 bridgehead atoms. The highest BCUT2D eigenvalue weighted by Crippen LogP contribution is 2.25. The maximum Gasteiger partial charge on any atom is 0.245 e. The number of nitrogens with zero attached hydrogens (tertiary/aromatic N) is 6. The van der Waals surface area contributed by atoms with E-state index in [0.29, 0.717) is 23.8 Å². The number of likely N-dealkylation sites (tertiary alicyclic amines) is 1. The van der Waals surface area contributed by atoms with Crippen LogP contribution in [0, 0.1) is 5.92 Å². The second-order valence-electron chi connectivity index (χ2n) is 6.86. The van der Waals surface area contributed by atoms with Crippen LogP contribution in [0.1, 0.15) is 26.2 Å². The number of rotatable bonds is 9. The van der Waals surface area contributed by atoms with Crippen LogP contribution in [0.4, 0.5) is 11.6 Å². The van der Waals surface area contributed by atoms with Crippen LogP contribution in [0.2, 0.25) is 0 Å². The number of fused-ring (bicyclic) bond motifs is 1. The van der Waals surface area contributed by atoms with Crippen molar-refractivity contribution in [3.8, 4) is 0 Å². The molecule has 0 radical (unpaired) electrons. The molecule has 9 nitrogen and oxygen atoms in total. The molecule has 0 saturated carbocycles. The highest BCUT2D eigenvalue weighted by molar-refractivity contribution is 5.73. The smallest absolute Gasteiger partial charge is 0.245 e. The summed E-state index contributed by atoms with van der Waals surface area (Å²) in [7, 11) is 3.77. The van der Waals surface area contributed by atoms with Crippen LogP contribution in [0.3, 0.4) is 0 Å². The molecule has 2 aromatic rings. The van der Waals surface area contributed by atoms with Crippen LogP contribution in [0.5, 0.6) is 0 Å². The molecule has 3 heterocycles. The van der Waals surface area contributed by atoms with E-state index in [4.69, 9.17) is 9.37 Å². The lowest BCUT2D eigenvalue weighted by Gasteiger charge is -2.34. The highest BCUT2D eigenvalue weighted by atomic mass is 16.6. The quantitative estimate of drug-likeness (QED) is 0.667. The summed E-state index contributed by atoms with van der Waals surface area (Å²) in [6.45, 7) is 8.09. The van der Waals surface area contributed by atoms with Gasteiger partial charge in [0.2, 0.25) is 11.3 Å². The SMILES string of the molecule is CCN1CCCC(CN(C)c2nc3nonc3nc2NCCCOC)C1. The molecule has 1 unspecified atom stereocenters. The van der Waals surface area contributed by atoms with E-state index in [9.17, 15) is 0 Å². The molecule has 3 rings (SSSR count). The number of hydrogen-bond donors (Lipinski definition) is 1. The fourth-order valence-electron chi connectivity index (χ4n) is 3.50. The molecule has 1 aliphatic heterocycles. The first-order valence-corrected chi connectivity index (χ1v) is 9.37. The van der Waals surface area contributed by atoms with Gasteiger partial charge in [-0.1, -0.05) is 6.92 Å². The number of aromatic nitrogens is 4. The Bertz CT molecular complexity index is 693. The molecule has 0 amide bonds. The van der Waals surface area contributed by atoms with Crippen LogP contribution in [-0.2, 0) is 4.74 Å². The summed E-state index contributed by atoms with van der Waals surface area (Å²) in [4.78, 5) is 13.9. The molecule has 1 fully saturated rings. The van der Waals surface area contributed by atoms with Crippen molar-refractivity contribution in [2.24, 2.45) is 5.92 Å². The summed E-state index contributed by atoms with van der Waals surface area (Å²) in [5.41, 5.74) is 0.860. The van der Waals surface area contributed by atoms with Crippen molar-refractivity contribution in [2.75, 3.05) is 63.7 Å². The van der Waals surface area contributed by atoms with E-state index in [1.165, 1.54) is 19.4 Å². The zero-order valence-corrected chi connectivity index (χ0v) is 15.9. The fourth-order valence-corrected chi connectivity index (χ4v) is 3.50. The molecule has 0 aliphatic carbocycles. The second kappa shape index (κ2) is 9.09. The van der Waals surface area contributed by atoms with E-state index >= 15 is 0 Å². The average Bonchev–Trinajstić information content (AvgIpc) is 3.12. The molecule has 0 spiro atoms. The number of methoxy groups -OCH3 is 1. The number of hydrogen-bond acceptors (Lipinski definition) is 9. The van der Waals surface area contributed by atoms with Gasteiger partial charge in [-0.25, -0.2) is 14.6 Å². The van der Waals surface area contributed by atoms with Gasteiger partial charge in [0.25, 0.3) is 0 Å². The molecule has 1 aliphatic rings. The van der Waals surface area contributed by atoms with Crippen molar-refractivity contribution in [3.05, 3.63) is 0 Å². The molecule has 9 heteroatoms. The van der Waals surface area contributed by atoms with E-state index in [-0.39, 0.29) is 0 Å². The largest absolute Gasteiger partial charge is 0.385 e. The van der Waals surface area contributed by atoms with Crippen molar-refractivity contribution >= 4 is 22.9 Å². The Morgan fingerprint density at radius 1 is 1.31 bits per heavy atom. The van der Waals surface area contributed by atoms with Crippen molar-refractivity contribution < 1.29 is 9.37 Å². The standard InChI is InChI=1S/C17H29N7O2/c1-4-24-9-5-7-13(12-24)11-23(2)17-16(18-8-6-10-25-3)19-14-15(20-17)22-26-21-14/h13H,4-12H2,1-3H3,(H,18,19,21). The molecule has 26 heavy (non-hydrogen) atoms. The summed E-state index contributed by atoms with van der Waals surface area (Å²) in [6, 6.07) is 0. The summed E-state index contributed by atoms with van der Waals surface area (Å²) < 4.78 is 9.89. The van der Waals surface area contributed by atoms with E-state index < -0.39 is 0 Å². The van der Waals surface area contributed by atoms with Gasteiger partial charge in [-0.15, -0.1) is 0 Å². The first kappa shape index (κ1) is 18.8. The number of nitrogens with one attached hydrogen (secondary N) is 1. The number of anilines is 2. The third kappa shape index (κ3) is 4.59. The minimum atomic E-state index is 0.422. The van der Waals surface area contributed by atoms with Gasteiger partial charge in [0, 0.05) is 40.4 Å². The van der Waals surface area contributed by atoms with Gasteiger partial charge >= 0.3 is 0 Å². The Kier molecular flexibility index (Phi) is 6.56. The Labute approximate surface area is 154 Å². The third-order valence-corrected chi connectivity index (χ3v) is 4.86. The summed E-state index contributed by atoms with van der Waals surface area (Å²) in [6.07, 6.45) is 3.40. The lowest BCUT2D eigenvalue weighted by Crippen LogP contribution is -2.40. The summed E-state index contributed by atoms with van der Waals surface area (Å²) in [5.74, 6) is 2.14. The fraction of sp³-hybridized carbons (Fsp3) is 0.765. The van der Waals surface area contributed by atoms with Crippen LogP contribution in [-0.4, -0.2) is 78.7 Å². The average molecular weight is 363 g/mol. The van der Waals surface area contributed by atoms with Gasteiger partial charge in [0.05, 0.1) is 0 Å². The van der Waals surface area contributed by atoms with Gasteiger partial charge in [0.15, 0.2) is 11.6 Å². The molecule has 1 N–H and O–H groups in total. The minimum Gasteiger partial charge on any atom is -0.385 e. The first-order valence-electron chi connectivity index (χ1n) is 9.37. The van der Waals surface area contributed by atoms with E-state index in [2.05, 4.69) is 49.4 Å². The molecule has 0 aromatic carbocycles. The normalized spacial score (nSPS) is 18.3. The minimum absolute atomic E-state index is 0.422. The second-order valence-corrected chi connectivity index (χ2v) is 6.86. The van der Waals surface area contributed by atoms with E-state index in [1.807, 2.05) is 0 Å². The van der Waals surface area contributed by atoms with Crippen molar-refractivity contribution in [1.82, 2.24) is 25.2 Å². The Morgan fingerprint density at radius 2 is 2.12 bits per heavy atom. The zero-order chi connectivity index (χ0) is 18.4. The van der Waals surface area contributed by atoms with Crippen molar-refractivity contribution in [2.45, 2.75) is 26.2 Å². The van der Waals surface area contributed by atoms with Crippen LogP contribution < -0.4 is 10.2 Å². The van der Waals surface area contributed by atoms with Gasteiger partial charge in [-0.2, -0.15) is 0 Å². The number of ether oxygens (including phenoxy) is 1. The van der Waals surface area contributed by atoms with Gasteiger partial charge in [-0.05, 0) is 48.6 Å². The third-order valence-electron chi connectivity index (χ3n) is 4.86. The Hall–Kier alpha value is -2.00. The summed E-state index contributed by atoms with van der Waals surface area (Å²) >= 11 is 0. The zero-order valence-electron chi connectivity index (χ0n) is 15.9.